The highest BCUT2D eigenvalue weighted by atomic mass is 35.5. The molecule has 0 bridgehead atoms. The highest BCUT2D eigenvalue weighted by Crippen LogP contribution is 2.32. The van der Waals surface area contributed by atoms with E-state index in [-0.39, 0.29) is 10.6 Å². The summed E-state index contributed by atoms with van der Waals surface area (Å²) in [5.41, 5.74) is 2.11. The molecular formula is C18H19ClN4O3S. The van der Waals surface area contributed by atoms with Crippen molar-refractivity contribution in [2.75, 3.05) is 38.2 Å². The second-order valence-corrected chi connectivity index (χ2v) is 8.44. The van der Waals surface area contributed by atoms with Gasteiger partial charge in [0.2, 0.25) is 0 Å². The topological polar surface area (TPSA) is 76.5 Å². The number of nitrogens with zero attached hydrogens (tertiary/aromatic N) is 3. The van der Waals surface area contributed by atoms with E-state index in [4.69, 9.17) is 16.3 Å². The van der Waals surface area contributed by atoms with Crippen LogP contribution in [0.25, 0.3) is 11.0 Å². The highest BCUT2D eigenvalue weighted by molar-refractivity contribution is 7.90. The molecule has 0 radical (unpaired) electrons. The molecule has 7 nitrogen and oxygen atoms in total. The molecule has 1 aromatic heterocycles. The van der Waals surface area contributed by atoms with Gasteiger partial charge in [-0.1, -0.05) is 17.7 Å². The zero-order chi connectivity index (χ0) is 19.0. The Kier molecular flexibility index (Phi) is 4.71. The summed E-state index contributed by atoms with van der Waals surface area (Å²) in [4.78, 5) is 6.63. The van der Waals surface area contributed by atoms with Crippen molar-refractivity contribution in [1.82, 2.24) is 14.3 Å². The molecule has 0 unspecified atom stereocenters. The number of aromatic nitrogens is 2. The van der Waals surface area contributed by atoms with Crippen LogP contribution in [0.5, 0.6) is 5.75 Å². The average molecular weight is 407 g/mol. The Morgan fingerprint density at radius 2 is 1.96 bits per heavy atom. The second kappa shape index (κ2) is 7.03. The third kappa shape index (κ3) is 3.13. The van der Waals surface area contributed by atoms with Crippen LogP contribution < -0.4 is 15.0 Å². The number of piperazine rings is 1. The Bertz CT molecular complexity index is 1090. The molecule has 1 saturated heterocycles. The van der Waals surface area contributed by atoms with E-state index < -0.39 is 10.0 Å². The first-order valence-corrected chi connectivity index (χ1v) is 10.3. The lowest BCUT2D eigenvalue weighted by Gasteiger charge is -2.29. The third-order valence-corrected chi connectivity index (χ3v) is 6.56. The van der Waals surface area contributed by atoms with Crippen LogP contribution in [0.1, 0.15) is 0 Å². The smallest absolute Gasteiger partial charge is 0.273 e. The fourth-order valence-electron chi connectivity index (χ4n) is 3.31. The Labute approximate surface area is 162 Å². The summed E-state index contributed by atoms with van der Waals surface area (Å²) in [5.74, 6) is 0.236. The summed E-state index contributed by atoms with van der Waals surface area (Å²) in [6, 6.07) is 10.1. The SMILES string of the molecule is COc1ccc(Cl)cc1S(=O)(=O)n1cnc2c(N3CCNCC3)cccc21. The van der Waals surface area contributed by atoms with E-state index in [1.165, 1.54) is 23.5 Å². The van der Waals surface area contributed by atoms with Crippen LogP contribution in [-0.2, 0) is 10.0 Å². The van der Waals surface area contributed by atoms with Crippen molar-refractivity contribution < 1.29 is 13.2 Å². The first kappa shape index (κ1) is 18.1. The molecule has 4 rings (SSSR count). The van der Waals surface area contributed by atoms with Gasteiger partial charge in [0.15, 0.2) is 0 Å². The van der Waals surface area contributed by atoms with Gasteiger partial charge in [-0.2, -0.15) is 0 Å². The Morgan fingerprint density at radius 3 is 2.70 bits per heavy atom. The zero-order valence-electron chi connectivity index (χ0n) is 14.7. The molecule has 1 N–H and O–H groups in total. The number of halogens is 1. The molecule has 9 heteroatoms. The molecule has 3 aromatic rings. The predicted molar refractivity (Wildman–Crippen MR) is 105 cm³/mol. The van der Waals surface area contributed by atoms with Crippen molar-refractivity contribution >= 4 is 38.3 Å². The first-order valence-electron chi connectivity index (χ1n) is 8.53. The minimum atomic E-state index is -3.92. The molecule has 1 fully saturated rings. The van der Waals surface area contributed by atoms with E-state index in [0.717, 1.165) is 31.9 Å². The van der Waals surface area contributed by atoms with E-state index in [2.05, 4.69) is 15.2 Å². The van der Waals surface area contributed by atoms with Gasteiger partial charge in [-0.25, -0.2) is 17.4 Å². The van der Waals surface area contributed by atoms with Crippen LogP contribution in [0.3, 0.4) is 0 Å². The zero-order valence-corrected chi connectivity index (χ0v) is 16.3. The maximum absolute atomic E-state index is 13.3. The number of nitrogens with one attached hydrogen (secondary N) is 1. The maximum atomic E-state index is 13.3. The van der Waals surface area contributed by atoms with Crippen LogP contribution in [0.15, 0.2) is 47.6 Å². The first-order chi connectivity index (χ1) is 13.0. The molecule has 0 aliphatic carbocycles. The lowest BCUT2D eigenvalue weighted by Crippen LogP contribution is -2.43. The van der Waals surface area contributed by atoms with Crippen LogP contribution >= 0.6 is 11.6 Å². The summed E-state index contributed by atoms with van der Waals surface area (Å²) < 4.78 is 33.0. The monoisotopic (exact) mass is 406 g/mol. The summed E-state index contributed by atoms with van der Waals surface area (Å²) in [6.45, 7) is 3.46. The Balaban J connectivity index is 1.86. The molecule has 142 valence electrons. The molecule has 2 aromatic carbocycles. The van der Waals surface area contributed by atoms with Gasteiger partial charge in [-0.15, -0.1) is 0 Å². The average Bonchev–Trinajstić information content (AvgIpc) is 3.13. The van der Waals surface area contributed by atoms with Gasteiger partial charge in [-0.05, 0) is 30.3 Å². The van der Waals surface area contributed by atoms with E-state index in [1.54, 1.807) is 18.2 Å². The number of anilines is 1. The molecule has 0 saturated carbocycles. The second-order valence-electron chi connectivity index (χ2n) is 6.22. The number of hydrogen-bond donors (Lipinski definition) is 1. The van der Waals surface area contributed by atoms with Crippen molar-refractivity contribution in [3.05, 3.63) is 47.7 Å². The molecular weight excluding hydrogens is 388 g/mol. The van der Waals surface area contributed by atoms with Crippen molar-refractivity contribution in [2.45, 2.75) is 4.90 Å². The molecule has 0 amide bonds. The maximum Gasteiger partial charge on any atom is 0.273 e. The van der Waals surface area contributed by atoms with E-state index in [9.17, 15) is 8.42 Å². The van der Waals surface area contributed by atoms with E-state index in [0.29, 0.717) is 16.1 Å². The molecule has 0 atom stereocenters. The predicted octanol–water partition coefficient (Wildman–Crippen LogP) is 2.34. The molecule has 0 spiro atoms. The van der Waals surface area contributed by atoms with Crippen molar-refractivity contribution in [3.63, 3.8) is 0 Å². The standard InChI is InChI=1S/C18H19ClN4O3S/c1-26-16-6-5-13(19)11-17(16)27(24,25)23-12-21-18-14(3-2-4-15(18)23)22-9-7-20-8-10-22/h2-6,11-12,20H,7-10H2,1H3. The summed E-state index contributed by atoms with van der Waals surface area (Å²) in [5, 5.41) is 3.63. The lowest BCUT2D eigenvalue weighted by atomic mass is 10.2. The van der Waals surface area contributed by atoms with Gasteiger partial charge in [0.25, 0.3) is 10.0 Å². The number of methoxy groups -OCH3 is 1. The molecule has 1 aliphatic heterocycles. The van der Waals surface area contributed by atoms with Gasteiger partial charge >= 0.3 is 0 Å². The van der Waals surface area contributed by atoms with Crippen LogP contribution in [0, 0.1) is 0 Å². The minimum absolute atomic E-state index is 0.00405. The Morgan fingerprint density at radius 1 is 1.19 bits per heavy atom. The number of benzene rings is 2. The lowest BCUT2D eigenvalue weighted by molar-refractivity contribution is 0.402. The van der Waals surface area contributed by atoms with Gasteiger partial charge in [0.1, 0.15) is 22.5 Å². The van der Waals surface area contributed by atoms with Crippen LogP contribution in [0.2, 0.25) is 5.02 Å². The largest absolute Gasteiger partial charge is 0.495 e. The fraction of sp³-hybridized carbons (Fsp3) is 0.278. The number of rotatable bonds is 4. The van der Waals surface area contributed by atoms with Crippen molar-refractivity contribution in [3.8, 4) is 5.75 Å². The molecule has 1 aliphatic rings. The summed E-state index contributed by atoms with van der Waals surface area (Å²) >= 11 is 6.03. The van der Waals surface area contributed by atoms with Crippen LogP contribution in [0.4, 0.5) is 5.69 Å². The third-order valence-electron chi connectivity index (χ3n) is 4.64. The quantitative estimate of drug-likeness (QED) is 0.716. The van der Waals surface area contributed by atoms with Crippen molar-refractivity contribution in [1.29, 1.82) is 0 Å². The fourth-order valence-corrected chi connectivity index (χ4v) is 5.02. The van der Waals surface area contributed by atoms with E-state index in [1.807, 2.05) is 12.1 Å². The summed E-state index contributed by atoms with van der Waals surface area (Å²) in [6.07, 6.45) is 1.34. The van der Waals surface area contributed by atoms with Gasteiger partial charge in [-0.3, -0.25) is 0 Å². The summed E-state index contributed by atoms with van der Waals surface area (Å²) in [7, 11) is -2.49. The molecule has 27 heavy (non-hydrogen) atoms. The Hall–Kier alpha value is -2.29. The van der Waals surface area contributed by atoms with Crippen LogP contribution in [-0.4, -0.2) is 50.7 Å². The minimum Gasteiger partial charge on any atom is -0.495 e. The van der Waals surface area contributed by atoms with Gasteiger partial charge in [0.05, 0.1) is 18.3 Å². The molecule has 2 heterocycles. The van der Waals surface area contributed by atoms with Gasteiger partial charge < -0.3 is 15.0 Å². The number of ether oxygens (including phenoxy) is 1. The number of hydrogen-bond acceptors (Lipinski definition) is 6. The highest BCUT2D eigenvalue weighted by Gasteiger charge is 2.25. The normalized spacial score (nSPS) is 15.3. The number of imidazole rings is 1. The van der Waals surface area contributed by atoms with Gasteiger partial charge in [0, 0.05) is 31.2 Å². The van der Waals surface area contributed by atoms with E-state index >= 15 is 0 Å². The van der Waals surface area contributed by atoms with Crippen molar-refractivity contribution in [2.24, 2.45) is 0 Å². The number of para-hydroxylation sites is 1. The number of fused-ring (bicyclic) bond motifs is 1.